The Balaban J connectivity index is 2.25. The van der Waals surface area contributed by atoms with Crippen molar-refractivity contribution >= 4 is 28.2 Å². The summed E-state index contributed by atoms with van der Waals surface area (Å²) in [5.74, 6) is -0.783. The smallest absolute Gasteiger partial charge is 0.266 e. The van der Waals surface area contributed by atoms with Gasteiger partial charge in [-0.25, -0.2) is 0 Å². The number of hydrogen-bond donors (Lipinski definition) is 5. The van der Waals surface area contributed by atoms with Gasteiger partial charge in [-0.1, -0.05) is 18.2 Å². The Kier molecular flexibility index (Phi) is 3.84. The van der Waals surface area contributed by atoms with Crippen LogP contribution >= 0.6 is 0 Å². The van der Waals surface area contributed by atoms with Crippen molar-refractivity contribution in [1.29, 1.82) is 0 Å². The van der Waals surface area contributed by atoms with Crippen molar-refractivity contribution in [3.05, 3.63) is 52.8 Å². The maximum atomic E-state index is 11.3. The van der Waals surface area contributed by atoms with Crippen molar-refractivity contribution in [1.82, 2.24) is 10.2 Å². The Morgan fingerprint density at radius 2 is 1.80 bits per heavy atom. The molecule has 7 nitrogen and oxygen atoms in total. The molecule has 3 aromatic rings. The van der Waals surface area contributed by atoms with Gasteiger partial charge in [0.2, 0.25) is 0 Å². The molecule has 128 valence electrons. The van der Waals surface area contributed by atoms with E-state index in [4.69, 9.17) is 22.9 Å². The number of aromatic nitrogens is 2. The van der Waals surface area contributed by atoms with E-state index in [2.05, 4.69) is 10.2 Å². The summed E-state index contributed by atoms with van der Waals surface area (Å²) in [7, 11) is 0. The third-order valence-corrected chi connectivity index (χ3v) is 4.33. The summed E-state index contributed by atoms with van der Waals surface area (Å²) in [6.45, 7) is 3.92. The molecule has 1 aromatic heterocycles. The number of nitrogen functional groups attached to an aromatic ring is 1. The largest absolute Gasteiger partial charge is 0.398 e. The van der Waals surface area contributed by atoms with Crippen LogP contribution in [0.15, 0.2) is 36.0 Å². The molecule has 0 aliphatic rings. The Morgan fingerprint density at radius 3 is 2.48 bits per heavy atom. The topological polar surface area (TPSA) is 150 Å². The Morgan fingerprint density at radius 1 is 1.08 bits per heavy atom. The predicted molar refractivity (Wildman–Crippen MR) is 99.9 cm³/mol. The number of aryl methyl sites for hydroxylation is 2. The minimum Gasteiger partial charge on any atom is -0.398 e. The zero-order valence-electron chi connectivity index (χ0n) is 14.1. The molecule has 0 spiro atoms. The van der Waals surface area contributed by atoms with E-state index < -0.39 is 5.91 Å². The number of nitrogens with one attached hydrogen (secondary N) is 1. The quantitative estimate of drug-likeness (QED) is 0.363. The molecule has 3 rings (SSSR count). The molecule has 1 amide bonds. The average Bonchev–Trinajstić information content (AvgIpc) is 2.94. The van der Waals surface area contributed by atoms with Crippen molar-refractivity contribution in [2.24, 2.45) is 17.2 Å². The van der Waals surface area contributed by atoms with Crippen LogP contribution < -0.4 is 22.9 Å². The first-order valence-electron chi connectivity index (χ1n) is 7.70. The number of primary amides is 1. The third kappa shape index (κ3) is 2.65. The second kappa shape index (κ2) is 5.86. The summed E-state index contributed by atoms with van der Waals surface area (Å²) in [4.78, 5) is 11.3. The number of benzene rings is 2. The number of carbonyl (C=O) groups is 1. The molecule has 0 bridgehead atoms. The first-order chi connectivity index (χ1) is 11.8. The second-order valence-electron chi connectivity index (χ2n) is 5.99. The monoisotopic (exact) mass is 336 g/mol. The molecule has 9 N–H and O–H groups in total. The van der Waals surface area contributed by atoms with Crippen molar-refractivity contribution in [3.63, 3.8) is 0 Å². The van der Waals surface area contributed by atoms with Crippen LogP contribution in [-0.2, 0) is 4.79 Å². The van der Waals surface area contributed by atoms with Gasteiger partial charge in [-0.3, -0.25) is 9.89 Å². The first-order valence-corrected chi connectivity index (χ1v) is 7.70. The number of anilines is 1. The molecule has 0 aliphatic heterocycles. The van der Waals surface area contributed by atoms with E-state index in [9.17, 15) is 4.79 Å². The number of nitrogens with zero attached hydrogens (tertiary/aromatic N) is 1. The van der Waals surface area contributed by atoms with Gasteiger partial charge < -0.3 is 22.9 Å². The lowest BCUT2D eigenvalue weighted by molar-refractivity contribution is -0.114. The van der Waals surface area contributed by atoms with Gasteiger partial charge in [0.05, 0.1) is 11.2 Å². The van der Waals surface area contributed by atoms with Gasteiger partial charge in [0.25, 0.3) is 5.91 Å². The zero-order chi connectivity index (χ0) is 18.3. The maximum Gasteiger partial charge on any atom is 0.266 e. The van der Waals surface area contributed by atoms with Crippen molar-refractivity contribution < 1.29 is 4.79 Å². The highest BCUT2D eigenvalue weighted by molar-refractivity contribution is 6.01. The van der Waals surface area contributed by atoms with Crippen molar-refractivity contribution in [2.75, 3.05) is 5.73 Å². The molecule has 25 heavy (non-hydrogen) atoms. The van der Waals surface area contributed by atoms with Crippen LogP contribution in [0.3, 0.4) is 0 Å². The highest BCUT2D eigenvalue weighted by atomic mass is 16.1. The lowest BCUT2D eigenvalue weighted by Gasteiger charge is -2.15. The fraction of sp³-hybridized carbons (Fsp3) is 0.111. The standard InChI is InChI=1S/C18H20N6O/c1-8-3-5-11(16(20)17(21)18(22)25)15(19)14(8)10-4-6-13-12(7-10)9(2)23-24-13/h3-7H,19-21H2,1-2H3,(H2,22,25)(H,23,24)/b17-16+. The predicted octanol–water partition coefficient (Wildman–Crippen LogP) is 1.50. The summed E-state index contributed by atoms with van der Waals surface area (Å²) in [5, 5.41) is 8.22. The molecule has 0 saturated carbocycles. The zero-order valence-corrected chi connectivity index (χ0v) is 14.1. The number of carbonyl (C=O) groups excluding carboxylic acids is 1. The minimum atomic E-state index is -0.783. The van der Waals surface area contributed by atoms with Crippen LogP contribution in [0.5, 0.6) is 0 Å². The Bertz CT molecular complexity index is 1030. The molecule has 0 aliphatic carbocycles. The summed E-state index contributed by atoms with van der Waals surface area (Å²) in [6, 6.07) is 9.52. The molecule has 0 fully saturated rings. The van der Waals surface area contributed by atoms with Gasteiger partial charge in [0, 0.05) is 27.9 Å². The molecular weight excluding hydrogens is 316 g/mol. The third-order valence-electron chi connectivity index (χ3n) is 4.33. The van der Waals surface area contributed by atoms with Gasteiger partial charge in [0.15, 0.2) is 0 Å². The van der Waals surface area contributed by atoms with Crippen molar-refractivity contribution in [2.45, 2.75) is 13.8 Å². The first kappa shape index (κ1) is 16.4. The number of aromatic amines is 1. The van der Waals surface area contributed by atoms with Crippen LogP contribution in [0.2, 0.25) is 0 Å². The summed E-state index contributed by atoms with van der Waals surface area (Å²) < 4.78 is 0. The fourth-order valence-electron chi connectivity index (χ4n) is 2.92. The molecule has 0 saturated heterocycles. The van der Waals surface area contributed by atoms with Gasteiger partial charge in [-0.2, -0.15) is 5.10 Å². The molecule has 0 atom stereocenters. The van der Waals surface area contributed by atoms with Gasteiger partial charge in [-0.05, 0) is 37.1 Å². The van der Waals surface area contributed by atoms with Crippen molar-refractivity contribution in [3.8, 4) is 11.1 Å². The Hall–Kier alpha value is -3.48. The minimum absolute atomic E-state index is 0.0758. The number of fused-ring (bicyclic) bond motifs is 1. The van der Waals surface area contributed by atoms with Gasteiger partial charge >= 0.3 is 0 Å². The van der Waals surface area contributed by atoms with Gasteiger partial charge in [0.1, 0.15) is 5.70 Å². The number of amides is 1. The summed E-state index contributed by atoms with van der Waals surface area (Å²) in [6.07, 6.45) is 0. The maximum absolute atomic E-state index is 11.3. The number of hydrogen-bond acceptors (Lipinski definition) is 5. The molecule has 0 radical (unpaired) electrons. The number of nitrogens with two attached hydrogens (primary N) is 4. The Labute approximate surface area is 144 Å². The number of rotatable bonds is 3. The molecule has 2 aromatic carbocycles. The number of H-pyrrole nitrogens is 1. The summed E-state index contributed by atoms with van der Waals surface area (Å²) >= 11 is 0. The SMILES string of the molecule is Cc1ccc(/C(N)=C(\N)C(N)=O)c(N)c1-c1ccc2n[nH]c(C)c2c1. The molecular formula is C18H20N6O. The van der Waals surface area contributed by atoms with Crippen LogP contribution in [0.25, 0.3) is 27.7 Å². The lowest BCUT2D eigenvalue weighted by atomic mass is 9.93. The fourth-order valence-corrected chi connectivity index (χ4v) is 2.92. The van der Waals surface area contributed by atoms with E-state index in [0.29, 0.717) is 11.3 Å². The van der Waals surface area contributed by atoms with Gasteiger partial charge in [-0.15, -0.1) is 0 Å². The highest BCUT2D eigenvalue weighted by Gasteiger charge is 2.16. The van der Waals surface area contributed by atoms with Crippen LogP contribution in [0.4, 0.5) is 5.69 Å². The molecule has 7 heteroatoms. The lowest BCUT2D eigenvalue weighted by Crippen LogP contribution is -2.24. The average molecular weight is 336 g/mol. The van der Waals surface area contributed by atoms with Crippen LogP contribution in [-0.4, -0.2) is 16.1 Å². The molecule has 1 heterocycles. The van der Waals surface area contributed by atoms with E-state index in [1.165, 1.54) is 0 Å². The van der Waals surface area contributed by atoms with E-state index in [-0.39, 0.29) is 11.4 Å². The van der Waals surface area contributed by atoms with E-state index in [0.717, 1.165) is 33.3 Å². The molecule has 0 unspecified atom stereocenters. The van der Waals surface area contributed by atoms with E-state index >= 15 is 0 Å². The van der Waals surface area contributed by atoms with E-state index in [1.54, 1.807) is 6.07 Å². The second-order valence-corrected chi connectivity index (χ2v) is 5.99. The normalized spacial score (nSPS) is 12.2. The van der Waals surface area contributed by atoms with Crippen LogP contribution in [0.1, 0.15) is 16.8 Å². The van der Waals surface area contributed by atoms with Crippen LogP contribution in [0, 0.1) is 13.8 Å². The highest BCUT2D eigenvalue weighted by Crippen LogP contribution is 2.36. The summed E-state index contributed by atoms with van der Waals surface area (Å²) in [5.41, 5.74) is 28.7. The van der Waals surface area contributed by atoms with E-state index in [1.807, 2.05) is 38.1 Å².